The van der Waals surface area contributed by atoms with Crippen LogP contribution in [0.3, 0.4) is 0 Å². The number of aliphatic hydroxyl groups is 2. The Kier molecular flexibility index (Phi) is 5.50. The van der Waals surface area contributed by atoms with Crippen molar-refractivity contribution in [1.82, 2.24) is 9.55 Å². The highest BCUT2D eigenvalue weighted by atomic mass is 127. The quantitative estimate of drug-likeness (QED) is 0.475. The Labute approximate surface area is 117 Å². The highest BCUT2D eigenvalue weighted by Gasteiger charge is 2.20. The van der Waals surface area contributed by atoms with Gasteiger partial charge in [0.15, 0.2) is 0 Å². The number of H-pyrrole nitrogens is 1. The van der Waals surface area contributed by atoms with Crippen molar-refractivity contribution in [2.24, 2.45) is 0 Å². The molecular weight excluding hydrogens is 355 g/mol. The smallest absolute Gasteiger partial charge is 0.331 e. The topological polar surface area (TPSA) is 105 Å². The Balaban J connectivity index is 3.01. The van der Waals surface area contributed by atoms with E-state index in [4.69, 9.17) is 9.84 Å². The van der Waals surface area contributed by atoms with Crippen molar-refractivity contribution in [2.45, 2.75) is 32.3 Å². The summed E-state index contributed by atoms with van der Waals surface area (Å²) >= 11 is 1.84. The van der Waals surface area contributed by atoms with Crippen LogP contribution in [0, 0.1) is 3.70 Å². The van der Waals surface area contributed by atoms with Gasteiger partial charge < -0.3 is 14.9 Å². The third-order valence-corrected chi connectivity index (χ3v) is 3.21. The first-order valence-corrected chi connectivity index (χ1v) is 6.40. The molecule has 0 amide bonds. The molecule has 0 saturated carbocycles. The molecule has 0 saturated heterocycles. The fourth-order valence-corrected chi connectivity index (χ4v) is 2.33. The summed E-state index contributed by atoms with van der Waals surface area (Å²) in [5.41, 5.74) is -1.08. The molecule has 3 atom stereocenters. The van der Waals surface area contributed by atoms with E-state index in [9.17, 15) is 14.7 Å². The third-order valence-electron chi connectivity index (χ3n) is 2.38. The molecule has 7 nitrogen and oxygen atoms in total. The van der Waals surface area contributed by atoms with Gasteiger partial charge >= 0.3 is 5.69 Å². The summed E-state index contributed by atoms with van der Waals surface area (Å²) < 4.78 is 7.03. The number of hydrogen-bond donors (Lipinski definition) is 3. The molecule has 0 radical (unpaired) electrons. The molecule has 0 aliphatic carbocycles. The molecule has 0 aliphatic rings. The van der Waals surface area contributed by atoms with Gasteiger partial charge in [-0.05, 0) is 36.4 Å². The summed E-state index contributed by atoms with van der Waals surface area (Å²) in [4.78, 5) is 24.8. The van der Waals surface area contributed by atoms with Crippen LogP contribution < -0.4 is 11.2 Å². The number of aromatic nitrogens is 2. The second kappa shape index (κ2) is 6.45. The molecule has 18 heavy (non-hydrogen) atoms. The van der Waals surface area contributed by atoms with Crippen molar-refractivity contribution in [3.05, 3.63) is 30.6 Å². The van der Waals surface area contributed by atoms with Crippen molar-refractivity contribution in [1.29, 1.82) is 0 Å². The first kappa shape index (κ1) is 15.3. The van der Waals surface area contributed by atoms with Gasteiger partial charge in [0.2, 0.25) is 0 Å². The normalized spacial score (nSPS) is 16.3. The number of aromatic amines is 1. The largest absolute Gasteiger partial charge is 0.394 e. The fourth-order valence-electron chi connectivity index (χ4n) is 1.44. The van der Waals surface area contributed by atoms with Crippen LogP contribution in [0.4, 0.5) is 0 Å². The zero-order valence-corrected chi connectivity index (χ0v) is 12.1. The number of aliphatic hydroxyl groups excluding tert-OH is 2. The first-order valence-electron chi connectivity index (χ1n) is 5.32. The maximum Gasteiger partial charge on any atom is 0.331 e. The van der Waals surface area contributed by atoms with Crippen LogP contribution in [-0.4, -0.2) is 38.6 Å². The van der Waals surface area contributed by atoms with Crippen molar-refractivity contribution >= 4 is 22.6 Å². The summed E-state index contributed by atoms with van der Waals surface area (Å²) in [6.07, 6.45) is -2.38. The van der Waals surface area contributed by atoms with Crippen molar-refractivity contribution in [3.8, 4) is 0 Å². The average molecular weight is 370 g/mol. The fraction of sp³-hybridized carbons (Fsp3) is 0.600. The van der Waals surface area contributed by atoms with Crippen LogP contribution in [0.25, 0.3) is 0 Å². The maximum atomic E-state index is 11.6. The zero-order valence-electron chi connectivity index (χ0n) is 9.96. The first-order chi connectivity index (χ1) is 8.36. The number of rotatable bonds is 5. The maximum absolute atomic E-state index is 11.6. The predicted molar refractivity (Wildman–Crippen MR) is 72.4 cm³/mol. The van der Waals surface area contributed by atoms with Gasteiger partial charge in [-0.1, -0.05) is 0 Å². The van der Waals surface area contributed by atoms with E-state index in [1.54, 1.807) is 6.92 Å². The number of nitrogens with one attached hydrogen (secondary N) is 1. The van der Waals surface area contributed by atoms with E-state index in [1.807, 2.05) is 22.6 Å². The van der Waals surface area contributed by atoms with E-state index in [0.29, 0.717) is 3.70 Å². The van der Waals surface area contributed by atoms with Crippen LogP contribution in [-0.2, 0) is 4.74 Å². The molecule has 0 bridgehead atoms. The molecule has 0 aromatic carbocycles. The summed E-state index contributed by atoms with van der Waals surface area (Å²) in [6, 6.07) is 1.26. The van der Waals surface area contributed by atoms with E-state index >= 15 is 0 Å². The van der Waals surface area contributed by atoms with Gasteiger partial charge in [0.25, 0.3) is 5.56 Å². The van der Waals surface area contributed by atoms with Gasteiger partial charge in [-0.2, -0.15) is 0 Å². The van der Waals surface area contributed by atoms with Gasteiger partial charge in [0.05, 0.1) is 16.4 Å². The Morgan fingerprint density at radius 1 is 1.50 bits per heavy atom. The van der Waals surface area contributed by atoms with Gasteiger partial charge in [-0.25, -0.2) is 4.79 Å². The van der Waals surface area contributed by atoms with E-state index in [0.717, 1.165) is 0 Å². The molecule has 102 valence electrons. The summed E-state index contributed by atoms with van der Waals surface area (Å²) in [5, 5.41) is 18.4. The minimum Gasteiger partial charge on any atom is -0.394 e. The lowest BCUT2D eigenvalue weighted by Crippen LogP contribution is -2.38. The van der Waals surface area contributed by atoms with Gasteiger partial charge in [0, 0.05) is 6.07 Å². The molecule has 0 fully saturated rings. The van der Waals surface area contributed by atoms with Gasteiger partial charge in [0.1, 0.15) is 12.3 Å². The van der Waals surface area contributed by atoms with Crippen LogP contribution in [0.2, 0.25) is 0 Å². The summed E-state index contributed by atoms with van der Waals surface area (Å²) in [6.45, 7) is 2.71. The monoisotopic (exact) mass is 370 g/mol. The molecule has 1 rings (SSSR count). The van der Waals surface area contributed by atoms with E-state index in [-0.39, 0.29) is 6.61 Å². The van der Waals surface area contributed by atoms with Crippen molar-refractivity contribution in [3.63, 3.8) is 0 Å². The molecule has 1 aromatic heterocycles. The molecule has 0 spiro atoms. The third kappa shape index (κ3) is 3.64. The van der Waals surface area contributed by atoms with Crippen LogP contribution >= 0.6 is 22.6 Å². The highest BCUT2D eigenvalue weighted by molar-refractivity contribution is 14.1. The van der Waals surface area contributed by atoms with Gasteiger partial charge in [-0.15, -0.1) is 0 Å². The van der Waals surface area contributed by atoms with E-state index < -0.39 is 29.7 Å². The predicted octanol–water partition coefficient (Wildman–Crippen LogP) is -0.582. The molecule has 1 aromatic rings. The zero-order chi connectivity index (χ0) is 13.9. The van der Waals surface area contributed by atoms with Crippen LogP contribution in [0.5, 0.6) is 0 Å². The van der Waals surface area contributed by atoms with Gasteiger partial charge in [-0.3, -0.25) is 14.3 Å². The lowest BCUT2D eigenvalue weighted by Gasteiger charge is -2.24. The Morgan fingerprint density at radius 3 is 2.56 bits per heavy atom. The molecule has 3 N–H and O–H groups in total. The lowest BCUT2D eigenvalue weighted by atomic mass is 10.2. The van der Waals surface area contributed by atoms with Crippen LogP contribution in [0.15, 0.2) is 15.7 Å². The second-order valence-electron chi connectivity index (χ2n) is 3.83. The minimum atomic E-state index is -0.867. The molecule has 1 unspecified atom stereocenters. The average Bonchev–Trinajstić information content (AvgIpc) is 2.23. The molecule has 0 aliphatic heterocycles. The van der Waals surface area contributed by atoms with Crippen molar-refractivity contribution in [2.75, 3.05) is 6.61 Å². The summed E-state index contributed by atoms with van der Waals surface area (Å²) in [5.74, 6) is 0. The highest BCUT2D eigenvalue weighted by Crippen LogP contribution is 2.13. The Bertz CT molecular complexity index is 510. The van der Waals surface area contributed by atoms with E-state index in [2.05, 4.69) is 4.98 Å². The number of ether oxygens (including phenoxy) is 1. The lowest BCUT2D eigenvalue weighted by molar-refractivity contribution is -0.113. The molecule has 1 heterocycles. The molecule has 8 heteroatoms. The number of hydrogen-bond acceptors (Lipinski definition) is 5. The van der Waals surface area contributed by atoms with Crippen LogP contribution in [0.1, 0.15) is 20.1 Å². The van der Waals surface area contributed by atoms with E-state index in [1.165, 1.54) is 17.6 Å². The molecular formula is C10H15IN2O5. The minimum absolute atomic E-state index is 0.364. The Morgan fingerprint density at radius 2 is 2.11 bits per heavy atom. The number of nitrogens with zero attached hydrogens (tertiary/aromatic N) is 1. The number of halogens is 1. The SMILES string of the molecule is CC(O[C@H](CO)[C@@H](C)O)n1c(I)cc(=O)[nH]c1=O. The second-order valence-corrected chi connectivity index (χ2v) is 4.93. The Hall–Kier alpha value is -0.710. The van der Waals surface area contributed by atoms with Crippen molar-refractivity contribution < 1.29 is 14.9 Å². The standard InChI is InChI=1S/C10H15IN2O5/c1-5(15)7(4-14)18-6(2)13-8(11)3-9(16)12-10(13)17/h3,5-7,14-15H,4H2,1-2H3,(H,12,16,17)/t5-,6?,7-/m1/s1. The summed E-state index contributed by atoms with van der Waals surface area (Å²) in [7, 11) is 0.